The van der Waals surface area contributed by atoms with Crippen LogP contribution in [0.15, 0.2) is 36.4 Å². The molecule has 0 radical (unpaired) electrons. The normalized spacial score (nSPS) is 29.1. The van der Waals surface area contributed by atoms with Gasteiger partial charge in [-0.05, 0) is 125 Å². The Kier molecular flexibility index (Phi) is 16.9. The van der Waals surface area contributed by atoms with Gasteiger partial charge in [0, 0.05) is 80.4 Å². The topological polar surface area (TPSA) is 114 Å². The number of halogens is 1. The molecule has 1 saturated heterocycles. The molecule has 3 N–H and O–H groups in total. The first kappa shape index (κ1) is 45.5. The molecule has 2 aromatic rings. The summed E-state index contributed by atoms with van der Waals surface area (Å²) in [7, 11) is -1.50. The van der Waals surface area contributed by atoms with Gasteiger partial charge in [0.15, 0.2) is 0 Å². The summed E-state index contributed by atoms with van der Waals surface area (Å²) in [6.07, 6.45) is 7.62. The summed E-state index contributed by atoms with van der Waals surface area (Å²) in [5.74, 6) is 2.53. The molecule has 8 unspecified atom stereocenters. The standard InChI is InChI=1S/C44H68ClN5O4S.CH2O/c1-7-9-32-22-37(45)14-16-39(32)36-26-50-25-35-12-15-40(35)34(24-48-20-21-49(38(27-48)28-51)19-18-46-44(4,5)6)11-8-10-30(2)31(3)55(53)47-43(52)33-13-17-42(54-29-36)41(50)23-33;1-2/h13-14,16-17,22-23,30-31,34-36,38,40,46,51H,7-12,15,18-21,24-29H2,1-6H3,(H,47,52);1H2. The number of anilines is 1. The summed E-state index contributed by atoms with van der Waals surface area (Å²) < 4.78 is 23.0. The van der Waals surface area contributed by atoms with E-state index in [4.69, 9.17) is 21.1 Å². The third-order valence-corrected chi connectivity index (χ3v) is 14.8. The zero-order chi connectivity index (χ0) is 41.3. The third-order valence-electron chi connectivity index (χ3n) is 13.1. The molecular weight excluding hydrogens is 758 g/mol. The van der Waals surface area contributed by atoms with Crippen LogP contribution < -0.4 is 19.7 Å². The molecule has 318 valence electrons. The number of nitrogens with zero attached hydrogens (tertiary/aromatic N) is 3. The van der Waals surface area contributed by atoms with Crippen molar-refractivity contribution in [2.45, 2.75) is 109 Å². The fourth-order valence-corrected chi connectivity index (χ4v) is 10.7. The van der Waals surface area contributed by atoms with Gasteiger partial charge in [0.05, 0.1) is 24.2 Å². The van der Waals surface area contributed by atoms with Crippen molar-refractivity contribution in [3.63, 3.8) is 0 Å². The maximum atomic E-state index is 13.6. The van der Waals surface area contributed by atoms with Crippen LogP contribution in [0.1, 0.15) is 107 Å². The van der Waals surface area contributed by atoms with Gasteiger partial charge in [0.1, 0.15) is 23.5 Å². The molecule has 0 spiro atoms. The number of nitrogens with one attached hydrogen (secondary N) is 2. The Labute approximate surface area is 350 Å². The average molecular weight is 829 g/mol. The molecule has 4 aliphatic rings. The molecule has 1 saturated carbocycles. The largest absolute Gasteiger partial charge is 0.491 e. The second-order valence-electron chi connectivity index (χ2n) is 18.1. The number of amides is 1. The van der Waals surface area contributed by atoms with E-state index < -0.39 is 11.0 Å². The van der Waals surface area contributed by atoms with Crippen LogP contribution >= 0.6 is 11.6 Å². The van der Waals surface area contributed by atoms with Crippen molar-refractivity contribution in [3.8, 4) is 5.75 Å². The molecule has 2 aromatic carbocycles. The highest BCUT2D eigenvalue weighted by atomic mass is 35.5. The number of rotatable bonds is 9. The molecule has 12 heteroatoms. The van der Waals surface area contributed by atoms with Crippen molar-refractivity contribution in [2.75, 3.05) is 70.5 Å². The second-order valence-corrected chi connectivity index (χ2v) is 20.1. The fraction of sp³-hybridized carbons (Fsp3) is 0.689. The Morgan fingerprint density at radius 3 is 2.53 bits per heavy atom. The lowest BCUT2D eigenvalue weighted by molar-refractivity contribution is -0.0980. The number of piperazine rings is 1. The van der Waals surface area contributed by atoms with E-state index in [0.29, 0.717) is 29.9 Å². The van der Waals surface area contributed by atoms with Gasteiger partial charge in [-0.15, -0.1) is 0 Å². The van der Waals surface area contributed by atoms with E-state index in [2.05, 4.69) is 71.5 Å². The van der Waals surface area contributed by atoms with Crippen LogP contribution in [0, 0.1) is 23.7 Å². The SMILES string of the molecule is C=O.CCCc1cc(Cl)ccc1C1COc2ccc3cc2N(C1)CC1CCC1C(CN1CCN(CCNC(C)(C)C)C(CO)C1)CCCC(C)C(C)S(=O)NC3=O. The molecule has 0 aromatic heterocycles. The first-order valence-electron chi connectivity index (χ1n) is 21.5. The number of fused-ring (bicyclic) bond motifs is 2. The van der Waals surface area contributed by atoms with E-state index in [1.54, 1.807) is 0 Å². The van der Waals surface area contributed by atoms with Gasteiger partial charge in [-0.3, -0.25) is 14.4 Å². The molecule has 2 fully saturated rings. The van der Waals surface area contributed by atoms with Gasteiger partial charge < -0.3 is 29.8 Å². The van der Waals surface area contributed by atoms with Crippen LogP contribution in [0.2, 0.25) is 5.02 Å². The maximum absolute atomic E-state index is 13.6. The number of hydrogen-bond acceptors (Lipinski definition) is 9. The zero-order valence-corrected chi connectivity index (χ0v) is 37.0. The monoisotopic (exact) mass is 827 g/mol. The first-order chi connectivity index (χ1) is 27.3. The molecule has 1 aliphatic carbocycles. The summed E-state index contributed by atoms with van der Waals surface area (Å²) in [6.45, 7) is 23.2. The third kappa shape index (κ3) is 12.0. The van der Waals surface area contributed by atoms with E-state index in [0.717, 1.165) is 101 Å². The van der Waals surface area contributed by atoms with Crippen molar-refractivity contribution in [2.24, 2.45) is 23.7 Å². The van der Waals surface area contributed by atoms with Crippen LogP contribution in [-0.2, 0) is 22.2 Å². The van der Waals surface area contributed by atoms with Crippen molar-refractivity contribution in [1.82, 2.24) is 19.8 Å². The van der Waals surface area contributed by atoms with Gasteiger partial charge in [0.2, 0.25) is 0 Å². The summed E-state index contributed by atoms with van der Waals surface area (Å²) in [5.41, 5.74) is 4.11. The number of ether oxygens (including phenoxy) is 1. The smallest absolute Gasteiger partial charge is 0.263 e. The van der Waals surface area contributed by atoms with Crippen molar-refractivity contribution in [1.29, 1.82) is 0 Å². The number of benzene rings is 2. The first-order valence-corrected chi connectivity index (χ1v) is 23.0. The lowest BCUT2D eigenvalue weighted by atomic mass is 9.65. The highest BCUT2D eigenvalue weighted by molar-refractivity contribution is 7.84. The van der Waals surface area contributed by atoms with Gasteiger partial charge in [-0.25, -0.2) is 4.21 Å². The Bertz CT molecular complexity index is 1640. The predicted octanol–water partition coefficient (Wildman–Crippen LogP) is 6.70. The maximum Gasteiger partial charge on any atom is 0.263 e. The van der Waals surface area contributed by atoms with Gasteiger partial charge in [-0.2, -0.15) is 0 Å². The van der Waals surface area contributed by atoms with Crippen LogP contribution in [-0.4, -0.2) is 114 Å². The Morgan fingerprint density at radius 2 is 1.82 bits per heavy atom. The van der Waals surface area contributed by atoms with Gasteiger partial charge in [0.25, 0.3) is 5.91 Å². The summed E-state index contributed by atoms with van der Waals surface area (Å²) in [6, 6.07) is 12.2. The zero-order valence-electron chi connectivity index (χ0n) is 35.4. The highest BCUT2D eigenvalue weighted by Crippen LogP contribution is 2.45. The Morgan fingerprint density at radius 1 is 1.04 bits per heavy atom. The van der Waals surface area contributed by atoms with E-state index in [9.17, 15) is 14.1 Å². The molecule has 1 amide bonds. The lowest BCUT2D eigenvalue weighted by Gasteiger charge is -2.48. The lowest BCUT2D eigenvalue weighted by Crippen LogP contribution is -2.57. The van der Waals surface area contributed by atoms with E-state index in [1.807, 2.05) is 38.0 Å². The molecule has 6 rings (SSSR count). The molecule has 3 aliphatic heterocycles. The number of aliphatic hydroxyl groups excluding tert-OH is 1. The van der Waals surface area contributed by atoms with Crippen molar-refractivity contribution in [3.05, 3.63) is 58.1 Å². The van der Waals surface area contributed by atoms with Gasteiger partial charge >= 0.3 is 0 Å². The van der Waals surface area contributed by atoms with Crippen LogP contribution in [0.3, 0.4) is 0 Å². The molecule has 3 heterocycles. The van der Waals surface area contributed by atoms with Crippen LogP contribution in [0.25, 0.3) is 0 Å². The summed E-state index contributed by atoms with van der Waals surface area (Å²) in [5, 5.41) is 14.7. The highest BCUT2D eigenvalue weighted by Gasteiger charge is 2.41. The van der Waals surface area contributed by atoms with Crippen LogP contribution in [0.4, 0.5) is 5.69 Å². The van der Waals surface area contributed by atoms with Gasteiger partial charge in [-0.1, -0.05) is 44.4 Å². The Hall–Kier alpha value is -2.54. The molecule has 2 bridgehead atoms. The number of carbonyl (C=O) groups is 2. The number of aryl methyl sites for hydroxylation is 1. The van der Waals surface area contributed by atoms with Crippen molar-refractivity contribution >= 4 is 41.0 Å². The Balaban J connectivity index is 0.00000305. The molecular formula is C45H70ClN5O5S. The summed E-state index contributed by atoms with van der Waals surface area (Å²) in [4.78, 5) is 29.2. The van der Waals surface area contributed by atoms with Crippen molar-refractivity contribution < 1.29 is 23.6 Å². The quantitative estimate of drug-likeness (QED) is 0.254. The predicted molar refractivity (Wildman–Crippen MR) is 234 cm³/mol. The van der Waals surface area contributed by atoms with E-state index >= 15 is 0 Å². The molecule has 57 heavy (non-hydrogen) atoms. The van der Waals surface area contributed by atoms with E-state index in [-0.39, 0.29) is 41.2 Å². The number of hydrogen-bond donors (Lipinski definition) is 3. The minimum atomic E-state index is -1.50. The van der Waals surface area contributed by atoms with E-state index in [1.165, 1.54) is 24.0 Å². The average Bonchev–Trinajstić information content (AvgIpc) is 3.35. The van der Waals surface area contributed by atoms with Crippen LogP contribution in [0.5, 0.6) is 5.75 Å². The number of carbonyl (C=O) groups excluding carboxylic acids is 2. The fourth-order valence-electron chi connectivity index (χ4n) is 9.51. The molecule has 8 atom stereocenters. The summed E-state index contributed by atoms with van der Waals surface area (Å²) >= 11 is 6.51. The minimum Gasteiger partial charge on any atom is -0.491 e. The number of aliphatic hydroxyl groups is 1. The minimum absolute atomic E-state index is 0.0811. The molecule has 10 nitrogen and oxygen atoms in total. The second kappa shape index (κ2) is 21.1.